The highest BCUT2D eigenvalue weighted by molar-refractivity contribution is 7.11. The predicted molar refractivity (Wildman–Crippen MR) is 102 cm³/mol. The average molecular weight is 399 g/mol. The molecule has 0 aliphatic rings. The minimum atomic E-state index is -0.861. The Labute approximate surface area is 164 Å². The number of thiazole rings is 1. The monoisotopic (exact) mass is 399 g/mol. The van der Waals surface area contributed by atoms with Gasteiger partial charge < -0.3 is 9.47 Å². The summed E-state index contributed by atoms with van der Waals surface area (Å²) in [7, 11) is 0. The summed E-state index contributed by atoms with van der Waals surface area (Å²) in [5.41, 5.74) is 0.839. The highest BCUT2D eigenvalue weighted by Crippen LogP contribution is 2.13. The van der Waals surface area contributed by atoms with E-state index in [4.69, 9.17) is 9.47 Å². The van der Waals surface area contributed by atoms with E-state index >= 15 is 0 Å². The van der Waals surface area contributed by atoms with Gasteiger partial charge in [-0.05, 0) is 26.0 Å². The Morgan fingerprint density at radius 2 is 1.89 bits per heavy atom. The minimum Gasteiger partial charge on any atom is -0.461 e. The van der Waals surface area contributed by atoms with Gasteiger partial charge in [-0.25, -0.2) is 19.3 Å². The highest BCUT2D eigenvalue weighted by Gasteiger charge is 2.18. The smallest absolute Gasteiger partial charge is 0.367 e. The van der Waals surface area contributed by atoms with Crippen LogP contribution in [0.15, 0.2) is 46.6 Å². The molecule has 0 spiro atoms. The van der Waals surface area contributed by atoms with Crippen LogP contribution in [0.4, 0.5) is 0 Å². The molecule has 0 saturated carbocycles. The second kappa shape index (κ2) is 8.57. The molecule has 0 fully saturated rings. The van der Waals surface area contributed by atoms with Crippen LogP contribution < -0.4 is 5.43 Å². The van der Waals surface area contributed by atoms with Crippen LogP contribution in [0.2, 0.25) is 0 Å². The van der Waals surface area contributed by atoms with E-state index in [0.717, 1.165) is 11.3 Å². The minimum absolute atomic E-state index is 0.174. The molecule has 1 aromatic carbocycles. The summed E-state index contributed by atoms with van der Waals surface area (Å²) in [6.07, 6.45) is 0. The van der Waals surface area contributed by atoms with Crippen LogP contribution in [0.25, 0.3) is 5.69 Å². The Kier molecular flexibility index (Phi) is 5.95. The van der Waals surface area contributed by atoms with E-state index in [0.29, 0.717) is 17.1 Å². The van der Waals surface area contributed by atoms with Crippen LogP contribution in [0.5, 0.6) is 0 Å². The third kappa shape index (κ3) is 4.32. The molecule has 3 rings (SSSR count). The zero-order valence-corrected chi connectivity index (χ0v) is 16.1. The predicted octanol–water partition coefficient (Wildman–Crippen LogP) is 2.53. The van der Waals surface area contributed by atoms with Gasteiger partial charge in [-0.2, -0.15) is 5.10 Å². The van der Waals surface area contributed by atoms with E-state index in [-0.39, 0.29) is 23.9 Å². The van der Waals surface area contributed by atoms with Crippen molar-refractivity contribution in [1.82, 2.24) is 14.8 Å². The van der Waals surface area contributed by atoms with E-state index in [1.165, 1.54) is 10.7 Å². The van der Waals surface area contributed by atoms with Gasteiger partial charge in [-0.1, -0.05) is 18.2 Å². The molecule has 28 heavy (non-hydrogen) atoms. The van der Waals surface area contributed by atoms with Crippen molar-refractivity contribution in [3.05, 3.63) is 74.1 Å². The van der Waals surface area contributed by atoms with Crippen molar-refractivity contribution in [1.29, 1.82) is 0 Å². The molecule has 0 atom stereocenters. The zero-order chi connectivity index (χ0) is 20.1. The van der Waals surface area contributed by atoms with Crippen LogP contribution >= 0.6 is 11.3 Å². The number of nitrogens with zero attached hydrogens (tertiary/aromatic N) is 3. The van der Waals surface area contributed by atoms with E-state index in [1.807, 2.05) is 30.3 Å². The van der Waals surface area contributed by atoms with Crippen molar-refractivity contribution in [2.75, 3.05) is 6.61 Å². The topological polar surface area (TPSA) is 100 Å². The SMILES string of the molecule is CCOC(=O)c1nc(COC(=O)c2nn(-c3ccccc3)c(C)cc2=O)cs1. The maximum absolute atomic E-state index is 12.4. The molecule has 0 unspecified atom stereocenters. The summed E-state index contributed by atoms with van der Waals surface area (Å²) < 4.78 is 11.5. The van der Waals surface area contributed by atoms with Gasteiger partial charge in [0.15, 0.2) is 0 Å². The van der Waals surface area contributed by atoms with E-state index in [1.54, 1.807) is 19.2 Å². The molecule has 3 aromatic rings. The highest BCUT2D eigenvalue weighted by atomic mass is 32.1. The lowest BCUT2D eigenvalue weighted by Crippen LogP contribution is -2.24. The Morgan fingerprint density at radius 3 is 2.61 bits per heavy atom. The summed E-state index contributed by atoms with van der Waals surface area (Å²) in [5, 5.41) is 5.91. The van der Waals surface area contributed by atoms with Crippen molar-refractivity contribution in [2.45, 2.75) is 20.5 Å². The van der Waals surface area contributed by atoms with Crippen LogP contribution in [-0.4, -0.2) is 33.3 Å². The fourth-order valence-corrected chi connectivity index (χ4v) is 3.08. The molecule has 0 radical (unpaired) electrons. The molecule has 9 heteroatoms. The maximum Gasteiger partial charge on any atom is 0.367 e. The summed E-state index contributed by atoms with van der Waals surface area (Å²) >= 11 is 1.09. The van der Waals surface area contributed by atoms with Gasteiger partial charge in [-0.15, -0.1) is 11.3 Å². The third-order valence-corrected chi connectivity index (χ3v) is 4.53. The largest absolute Gasteiger partial charge is 0.461 e. The molecule has 8 nitrogen and oxygen atoms in total. The molecule has 2 heterocycles. The maximum atomic E-state index is 12.4. The zero-order valence-electron chi connectivity index (χ0n) is 15.2. The first kappa shape index (κ1) is 19.4. The van der Waals surface area contributed by atoms with Crippen LogP contribution in [0.3, 0.4) is 0 Å². The molecular formula is C19H17N3O5S. The number of benzene rings is 1. The number of esters is 2. The van der Waals surface area contributed by atoms with Gasteiger partial charge in [0.2, 0.25) is 16.1 Å². The van der Waals surface area contributed by atoms with Crippen molar-refractivity contribution < 1.29 is 19.1 Å². The number of carbonyl (C=O) groups is 2. The molecule has 0 aliphatic heterocycles. The van der Waals surface area contributed by atoms with E-state index < -0.39 is 17.4 Å². The lowest BCUT2D eigenvalue weighted by molar-refractivity contribution is 0.0457. The van der Waals surface area contributed by atoms with Gasteiger partial charge in [0.1, 0.15) is 6.61 Å². The summed E-state index contributed by atoms with van der Waals surface area (Å²) in [6, 6.07) is 10.5. The Balaban J connectivity index is 1.76. The number of carbonyl (C=O) groups excluding carboxylic acids is 2. The van der Waals surface area contributed by atoms with Crippen LogP contribution in [0, 0.1) is 6.92 Å². The van der Waals surface area contributed by atoms with Gasteiger partial charge in [0.25, 0.3) is 0 Å². The first-order chi connectivity index (χ1) is 13.5. The number of ether oxygens (including phenoxy) is 2. The normalized spacial score (nSPS) is 10.5. The number of rotatable bonds is 6. The Hall–Kier alpha value is -3.33. The van der Waals surface area contributed by atoms with Crippen molar-refractivity contribution in [2.24, 2.45) is 0 Å². The van der Waals surface area contributed by atoms with Gasteiger partial charge in [0.05, 0.1) is 18.0 Å². The first-order valence-corrected chi connectivity index (χ1v) is 9.32. The average Bonchev–Trinajstić information content (AvgIpc) is 3.16. The molecule has 0 aliphatic carbocycles. The molecular weight excluding hydrogens is 382 g/mol. The second-order valence-electron chi connectivity index (χ2n) is 5.69. The molecule has 0 N–H and O–H groups in total. The van der Waals surface area contributed by atoms with E-state index in [9.17, 15) is 14.4 Å². The molecule has 0 saturated heterocycles. The molecule has 0 bridgehead atoms. The third-order valence-electron chi connectivity index (χ3n) is 3.65. The van der Waals surface area contributed by atoms with Gasteiger partial charge in [-0.3, -0.25) is 4.79 Å². The standard InChI is InChI=1S/C19H17N3O5S/c1-3-26-19(25)17-20-13(11-28-17)10-27-18(24)16-15(23)9-12(2)22(21-16)14-7-5-4-6-8-14/h4-9,11H,3,10H2,1-2H3. The van der Waals surface area contributed by atoms with Crippen molar-refractivity contribution in [3.63, 3.8) is 0 Å². The second-order valence-corrected chi connectivity index (χ2v) is 6.54. The lowest BCUT2D eigenvalue weighted by atomic mass is 10.3. The van der Waals surface area contributed by atoms with E-state index in [2.05, 4.69) is 10.1 Å². The number of hydrogen-bond donors (Lipinski definition) is 0. The van der Waals surface area contributed by atoms with Crippen molar-refractivity contribution >= 4 is 23.3 Å². The van der Waals surface area contributed by atoms with Crippen molar-refractivity contribution in [3.8, 4) is 5.69 Å². The first-order valence-electron chi connectivity index (χ1n) is 8.44. The number of hydrogen-bond acceptors (Lipinski definition) is 8. The van der Waals surface area contributed by atoms with Gasteiger partial charge >= 0.3 is 11.9 Å². The fourth-order valence-electron chi connectivity index (χ4n) is 2.39. The number of aromatic nitrogens is 3. The summed E-state index contributed by atoms with van der Waals surface area (Å²) in [6.45, 7) is 3.48. The molecule has 144 valence electrons. The van der Waals surface area contributed by atoms with Crippen LogP contribution in [0.1, 0.15) is 38.6 Å². The summed E-state index contributed by atoms with van der Waals surface area (Å²) in [5.74, 6) is -1.39. The number of para-hydroxylation sites is 1. The summed E-state index contributed by atoms with van der Waals surface area (Å²) in [4.78, 5) is 40.2. The molecule has 0 amide bonds. The lowest BCUT2D eigenvalue weighted by Gasteiger charge is -2.10. The molecule has 2 aromatic heterocycles. The Bertz CT molecular complexity index is 1060. The fraction of sp³-hybridized carbons (Fsp3) is 0.211. The number of aryl methyl sites for hydroxylation is 1. The quantitative estimate of drug-likeness (QED) is 0.587. The Morgan fingerprint density at radius 1 is 1.14 bits per heavy atom. The van der Waals surface area contributed by atoms with Gasteiger partial charge in [0, 0.05) is 17.1 Å². The van der Waals surface area contributed by atoms with Crippen LogP contribution in [-0.2, 0) is 16.1 Å².